The van der Waals surface area contributed by atoms with E-state index in [1.807, 2.05) is 42.5 Å². The Morgan fingerprint density at radius 3 is 2.68 bits per heavy atom. The fourth-order valence-electron chi connectivity index (χ4n) is 4.78. The molecular weight excluding hydrogens is 386 g/mol. The molecule has 1 aromatic carbocycles. The van der Waals surface area contributed by atoms with Crippen molar-refractivity contribution in [2.75, 3.05) is 37.6 Å². The number of amides is 1. The standard InChI is InChI=1S/C25H35N5O/c1-20-9-5-6-16-29(20)18-8-15-26-25(31)22-12-7-17-30(19-22)24-14-13-23(27-28-24)21-10-3-2-4-11-21/h2-4,10-11,13-14,20,22H,5-9,12,15-19H2,1H3,(H,26,31)/t20-,22-/m1/s1. The molecular formula is C25H35N5O. The molecule has 2 aliphatic heterocycles. The van der Waals surface area contributed by atoms with Crippen molar-refractivity contribution >= 4 is 11.7 Å². The zero-order chi connectivity index (χ0) is 21.5. The highest BCUT2D eigenvalue weighted by Gasteiger charge is 2.26. The van der Waals surface area contributed by atoms with Gasteiger partial charge in [0.15, 0.2) is 5.82 Å². The Bertz CT molecular complexity index is 826. The quantitative estimate of drug-likeness (QED) is 0.690. The van der Waals surface area contributed by atoms with Crippen LogP contribution in [0.1, 0.15) is 45.4 Å². The summed E-state index contributed by atoms with van der Waals surface area (Å²) in [5.74, 6) is 1.07. The van der Waals surface area contributed by atoms with Gasteiger partial charge in [0.25, 0.3) is 0 Å². The van der Waals surface area contributed by atoms with E-state index in [2.05, 4.69) is 32.2 Å². The monoisotopic (exact) mass is 421 g/mol. The second-order valence-corrected chi connectivity index (χ2v) is 8.95. The first-order chi connectivity index (χ1) is 15.2. The van der Waals surface area contributed by atoms with Gasteiger partial charge in [-0.25, -0.2) is 0 Å². The number of hydrogen-bond donors (Lipinski definition) is 1. The van der Waals surface area contributed by atoms with Gasteiger partial charge in [-0.1, -0.05) is 36.8 Å². The molecule has 0 radical (unpaired) electrons. The summed E-state index contributed by atoms with van der Waals surface area (Å²) in [6, 6.07) is 14.8. The average molecular weight is 422 g/mol. The summed E-state index contributed by atoms with van der Waals surface area (Å²) in [5.41, 5.74) is 1.94. The second-order valence-electron chi connectivity index (χ2n) is 8.95. The maximum Gasteiger partial charge on any atom is 0.224 e. The van der Waals surface area contributed by atoms with Gasteiger partial charge in [-0.05, 0) is 57.7 Å². The van der Waals surface area contributed by atoms with Crippen LogP contribution in [0.4, 0.5) is 5.82 Å². The van der Waals surface area contributed by atoms with Crippen LogP contribution < -0.4 is 10.2 Å². The van der Waals surface area contributed by atoms with Crippen LogP contribution in [0.15, 0.2) is 42.5 Å². The van der Waals surface area contributed by atoms with Gasteiger partial charge in [0.05, 0.1) is 11.6 Å². The predicted octanol–water partition coefficient (Wildman–Crippen LogP) is 3.74. The van der Waals surface area contributed by atoms with E-state index in [9.17, 15) is 4.79 Å². The second kappa shape index (κ2) is 10.7. The average Bonchev–Trinajstić information content (AvgIpc) is 2.83. The molecule has 2 saturated heterocycles. The molecule has 2 aliphatic rings. The number of carbonyl (C=O) groups is 1. The zero-order valence-corrected chi connectivity index (χ0v) is 18.7. The van der Waals surface area contributed by atoms with Crippen molar-refractivity contribution in [3.63, 3.8) is 0 Å². The van der Waals surface area contributed by atoms with E-state index in [1.54, 1.807) is 0 Å². The molecule has 1 N–H and O–H groups in total. The Morgan fingerprint density at radius 2 is 1.90 bits per heavy atom. The minimum atomic E-state index is 0.0262. The van der Waals surface area contributed by atoms with Gasteiger partial charge in [-0.2, -0.15) is 0 Å². The van der Waals surface area contributed by atoms with E-state index in [1.165, 1.54) is 25.8 Å². The van der Waals surface area contributed by atoms with Gasteiger partial charge >= 0.3 is 0 Å². The normalized spacial score (nSPS) is 22.3. The molecule has 4 rings (SSSR count). The van der Waals surface area contributed by atoms with E-state index in [0.29, 0.717) is 12.6 Å². The van der Waals surface area contributed by atoms with Crippen molar-refractivity contribution in [1.82, 2.24) is 20.4 Å². The lowest BCUT2D eigenvalue weighted by atomic mass is 9.97. The molecule has 1 aromatic heterocycles. The maximum atomic E-state index is 12.7. The number of hydrogen-bond acceptors (Lipinski definition) is 5. The maximum absolute atomic E-state index is 12.7. The summed E-state index contributed by atoms with van der Waals surface area (Å²) < 4.78 is 0. The molecule has 3 heterocycles. The largest absolute Gasteiger partial charge is 0.356 e. The first-order valence-corrected chi connectivity index (χ1v) is 11.9. The number of aromatic nitrogens is 2. The molecule has 6 nitrogen and oxygen atoms in total. The summed E-state index contributed by atoms with van der Waals surface area (Å²) >= 11 is 0. The number of piperidine rings is 2. The molecule has 0 unspecified atom stereocenters. The summed E-state index contributed by atoms with van der Waals surface area (Å²) in [4.78, 5) is 17.5. The fraction of sp³-hybridized carbons (Fsp3) is 0.560. The Balaban J connectivity index is 1.24. The lowest BCUT2D eigenvalue weighted by Crippen LogP contribution is -2.44. The molecule has 0 bridgehead atoms. The molecule has 2 aromatic rings. The SMILES string of the molecule is C[C@@H]1CCCCN1CCCNC(=O)[C@@H]1CCCN(c2ccc(-c3ccccc3)nn2)C1. The molecule has 2 fully saturated rings. The minimum absolute atomic E-state index is 0.0262. The van der Waals surface area contributed by atoms with Crippen molar-refractivity contribution in [2.45, 2.75) is 51.5 Å². The van der Waals surface area contributed by atoms with Crippen molar-refractivity contribution in [3.05, 3.63) is 42.5 Å². The highest BCUT2D eigenvalue weighted by Crippen LogP contribution is 2.23. The molecule has 0 spiro atoms. The van der Waals surface area contributed by atoms with Crippen LogP contribution in [-0.2, 0) is 4.79 Å². The third kappa shape index (κ3) is 5.82. The van der Waals surface area contributed by atoms with Crippen molar-refractivity contribution < 1.29 is 4.79 Å². The molecule has 0 aliphatic carbocycles. The van der Waals surface area contributed by atoms with E-state index < -0.39 is 0 Å². The highest BCUT2D eigenvalue weighted by atomic mass is 16.1. The Morgan fingerprint density at radius 1 is 1.03 bits per heavy atom. The lowest BCUT2D eigenvalue weighted by Gasteiger charge is -2.34. The number of anilines is 1. The molecule has 6 heteroatoms. The van der Waals surface area contributed by atoms with E-state index in [-0.39, 0.29) is 11.8 Å². The van der Waals surface area contributed by atoms with E-state index >= 15 is 0 Å². The number of likely N-dealkylation sites (tertiary alicyclic amines) is 1. The van der Waals surface area contributed by atoms with E-state index in [0.717, 1.165) is 56.0 Å². The van der Waals surface area contributed by atoms with Crippen LogP contribution in [0.5, 0.6) is 0 Å². The summed E-state index contributed by atoms with van der Waals surface area (Å²) in [6.07, 6.45) is 6.95. The summed E-state index contributed by atoms with van der Waals surface area (Å²) in [6.45, 7) is 7.02. The number of nitrogens with one attached hydrogen (secondary N) is 1. The van der Waals surface area contributed by atoms with Crippen LogP contribution in [0.25, 0.3) is 11.3 Å². The van der Waals surface area contributed by atoms with Crippen LogP contribution in [0.2, 0.25) is 0 Å². The van der Waals surface area contributed by atoms with Gasteiger partial charge in [0.1, 0.15) is 0 Å². The van der Waals surface area contributed by atoms with Crippen LogP contribution in [-0.4, -0.2) is 59.8 Å². The number of benzene rings is 1. The van der Waals surface area contributed by atoms with Gasteiger partial charge in [0, 0.05) is 37.8 Å². The Kier molecular flexibility index (Phi) is 7.52. The predicted molar refractivity (Wildman–Crippen MR) is 125 cm³/mol. The van der Waals surface area contributed by atoms with Crippen molar-refractivity contribution in [1.29, 1.82) is 0 Å². The summed E-state index contributed by atoms with van der Waals surface area (Å²) in [7, 11) is 0. The third-order valence-electron chi connectivity index (χ3n) is 6.70. The highest BCUT2D eigenvalue weighted by molar-refractivity contribution is 5.79. The smallest absolute Gasteiger partial charge is 0.224 e. The zero-order valence-electron chi connectivity index (χ0n) is 18.7. The van der Waals surface area contributed by atoms with Crippen molar-refractivity contribution in [2.24, 2.45) is 5.92 Å². The van der Waals surface area contributed by atoms with E-state index in [4.69, 9.17) is 0 Å². The summed E-state index contributed by atoms with van der Waals surface area (Å²) in [5, 5.41) is 12.0. The first-order valence-electron chi connectivity index (χ1n) is 11.9. The molecule has 166 valence electrons. The van der Waals surface area contributed by atoms with Crippen LogP contribution in [0, 0.1) is 5.92 Å². The Hall–Kier alpha value is -2.47. The first kappa shape index (κ1) is 21.8. The number of carbonyl (C=O) groups excluding carboxylic acids is 1. The lowest BCUT2D eigenvalue weighted by molar-refractivity contribution is -0.125. The Labute approximate surface area is 186 Å². The number of nitrogens with zero attached hydrogens (tertiary/aromatic N) is 4. The van der Waals surface area contributed by atoms with Crippen molar-refractivity contribution in [3.8, 4) is 11.3 Å². The van der Waals surface area contributed by atoms with Gasteiger partial charge in [-0.15, -0.1) is 10.2 Å². The van der Waals surface area contributed by atoms with Gasteiger partial charge < -0.3 is 15.1 Å². The van der Waals surface area contributed by atoms with Gasteiger partial charge in [-0.3, -0.25) is 4.79 Å². The topological polar surface area (TPSA) is 61.4 Å². The van der Waals surface area contributed by atoms with Crippen LogP contribution in [0.3, 0.4) is 0 Å². The molecule has 2 atom stereocenters. The third-order valence-corrected chi connectivity index (χ3v) is 6.70. The molecule has 0 saturated carbocycles. The molecule has 31 heavy (non-hydrogen) atoms. The van der Waals surface area contributed by atoms with Gasteiger partial charge in [0.2, 0.25) is 5.91 Å². The van der Waals surface area contributed by atoms with Crippen LogP contribution >= 0.6 is 0 Å². The molecule has 1 amide bonds. The fourth-order valence-corrected chi connectivity index (χ4v) is 4.78. The number of rotatable bonds is 7. The minimum Gasteiger partial charge on any atom is -0.356 e.